The van der Waals surface area contributed by atoms with Crippen molar-refractivity contribution in [3.8, 4) is 28.5 Å². The molecule has 0 spiro atoms. The maximum absolute atomic E-state index is 13.7. The third-order valence-electron chi connectivity index (χ3n) is 8.01. The third kappa shape index (κ3) is 6.51. The van der Waals surface area contributed by atoms with Crippen LogP contribution in [0.15, 0.2) is 66.7 Å². The molecule has 0 unspecified atom stereocenters. The molecule has 2 amide bonds. The number of rotatable bonds is 11. The van der Waals surface area contributed by atoms with Gasteiger partial charge in [-0.1, -0.05) is 49.2 Å². The van der Waals surface area contributed by atoms with Crippen LogP contribution in [0, 0.1) is 6.92 Å². The number of carbonyl (C=O) groups excluding carboxylic acids is 2. The van der Waals surface area contributed by atoms with E-state index in [1.165, 1.54) is 0 Å². The smallest absolute Gasteiger partial charge is 0.255 e. The Morgan fingerprint density at radius 1 is 0.837 bits per heavy atom. The number of aromatic nitrogens is 2. The highest BCUT2D eigenvalue weighted by Crippen LogP contribution is 2.34. The molecule has 4 aromatic rings. The van der Waals surface area contributed by atoms with Crippen LogP contribution in [0.2, 0.25) is 0 Å². The predicted molar refractivity (Wildman–Crippen MR) is 165 cm³/mol. The maximum atomic E-state index is 13.7. The van der Waals surface area contributed by atoms with Crippen LogP contribution >= 0.6 is 0 Å². The summed E-state index contributed by atoms with van der Waals surface area (Å²) < 4.78 is 18.2. The van der Waals surface area contributed by atoms with Gasteiger partial charge in [-0.05, 0) is 49.6 Å². The lowest BCUT2D eigenvalue weighted by molar-refractivity contribution is 0.0940. The summed E-state index contributed by atoms with van der Waals surface area (Å²) >= 11 is 0. The van der Waals surface area contributed by atoms with E-state index in [0.717, 1.165) is 48.1 Å². The number of benzene rings is 3. The highest BCUT2D eigenvalue weighted by atomic mass is 16.5. The van der Waals surface area contributed by atoms with E-state index in [4.69, 9.17) is 19.3 Å². The molecule has 5 rings (SSSR count). The van der Waals surface area contributed by atoms with E-state index in [1.54, 1.807) is 45.6 Å². The van der Waals surface area contributed by atoms with Gasteiger partial charge in [0, 0.05) is 36.0 Å². The van der Waals surface area contributed by atoms with Gasteiger partial charge < -0.3 is 24.8 Å². The SMILES string of the molecule is COc1ccc(CNC(=O)c2c(-c3ccc(CNC(=O)c4ccccc4OC)cc3)nn(C3CCCC3)c2C)c(OC)c1. The Hall–Kier alpha value is -4.79. The lowest BCUT2D eigenvalue weighted by Gasteiger charge is -2.13. The molecule has 2 N–H and O–H groups in total. The van der Waals surface area contributed by atoms with Crippen molar-refractivity contribution < 1.29 is 23.8 Å². The summed E-state index contributed by atoms with van der Waals surface area (Å²) in [5, 5.41) is 11.0. The Morgan fingerprint density at radius 3 is 2.23 bits per heavy atom. The zero-order valence-corrected chi connectivity index (χ0v) is 25.1. The lowest BCUT2D eigenvalue weighted by Crippen LogP contribution is -2.24. The van der Waals surface area contributed by atoms with Gasteiger partial charge in [-0.2, -0.15) is 5.10 Å². The molecule has 0 atom stereocenters. The zero-order valence-electron chi connectivity index (χ0n) is 25.1. The van der Waals surface area contributed by atoms with Gasteiger partial charge in [0.2, 0.25) is 0 Å². The molecule has 0 bridgehead atoms. The second kappa shape index (κ2) is 13.5. The van der Waals surface area contributed by atoms with E-state index in [1.807, 2.05) is 54.1 Å². The number of hydrogen-bond donors (Lipinski definition) is 2. The number of para-hydroxylation sites is 1. The minimum Gasteiger partial charge on any atom is -0.497 e. The molecular formula is C34H38N4O5. The van der Waals surface area contributed by atoms with Gasteiger partial charge in [-0.15, -0.1) is 0 Å². The van der Waals surface area contributed by atoms with E-state index < -0.39 is 0 Å². The van der Waals surface area contributed by atoms with Crippen molar-refractivity contribution in [1.82, 2.24) is 20.4 Å². The molecule has 0 radical (unpaired) electrons. The lowest BCUT2D eigenvalue weighted by atomic mass is 10.0. The van der Waals surface area contributed by atoms with Crippen LogP contribution in [-0.2, 0) is 13.1 Å². The van der Waals surface area contributed by atoms with Gasteiger partial charge in [0.15, 0.2) is 0 Å². The van der Waals surface area contributed by atoms with Crippen LogP contribution < -0.4 is 24.8 Å². The van der Waals surface area contributed by atoms with E-state index >= 15 is 0 Å². The number of hydrogen-bond acceptors (Lipinski definition) is 6. The molecule has 1 heterocycles. The molecule has 1 fully saturated rings. The summed E-state index contributed by atoms with van der Waals surface area (Å²) in [6.07, 6.45) is 4.43. The van der Waals surface area contributed by atoms with Gasteiger partial charge in [-0.3, -0.25) is 14.3 Å². The van der Waals surface area contributed by atoms with E-state index in [2.05, 4.69) is 10.6 Å². The van der Waals surface area contributed by atoms with Crippen LogP contribution in [-0.4, -0.2) is 42.9 Å². The van der Waals surface area contributed by atoms with Crippen molar-refractivity contribution in [3.05, 3.63) is 94.7 Å². The summed E-state index contributed by atoms with van der Waals surface area (Å²) in [5.41, 5.74) is 5.17. The fourth-order valence-electron chi connectivity index (χ4n) is 5.65. The third-order valence-corrected chi connectivity index (χ3v) is 8.01. The quantitative estimate of drug-likeness (QED) is 0.230. The molecule has 1 saturated carbocycles. The molecule has 3 aromatic carbocycles. The topological polar surface area (TPSA) is 104 Å². The summed E-state index contributed by atoms with van der Waals surface area (Å²) in [5.74, 6) is 1.46. The summed E-state index contributed by atoms with van der Waals surface area (Å²) in [6.45, 7) is 2.62. The second-order valence-electron chi connectivity index (χ2n) is 10.6. The number of nitrogens with zero attached hydrogens (tertiary/aromatic N) is 2. The van der Waals surface area contributed by atoms with Crippen molar-refractivity contribution in [1.29, 1.82) is 0 Å². The van der Waals surface area contributed by atoms with Crippen molar-refractivity contribution in [2.45, 2.75) is 51.7 Å². The number of methoxy groups -OCH3 is 3. The Bertz CT molecular complexity index is 1590. The monoisotopic (exact) mass is 582 g/mol. The van der Waals surface area contributed by atoms with Gasteiger partial charge in [-0.25, -0.2) is 0 Å². The maximum Gasteiger partial charge on any atom is 0.255 e. The first-order valence-corrected chi connectivity index (χ1v) is 14.5. The predicted octanol–water partition coefficient (Wildman–Crippen LogP) is 5.86. The van der Waals surface area contributed by atoms with E-state index in [9.17, 15) is 9.59 Å². The Morgan fingerprint density at radius 2 is 1.53 bits per heavy atom. The molecule has 9 nitrogen and oxygen atoms in total. The molecule has 224 valence electrons. The Kier molecular flexibility index (Phi) is 9.29. The highest BCUT2D eigenvalue weighted by molar-refractivity contribution is 6.01. The number of ether oxygens (including phenoxy) is 3. The van der Waals surface area contributed by atoms with E-state index in [0.29, 0.717) is 47.2 Å². The second-order valence-corrected chi connectivity index (χ2v) is 10.6. The summed E-state index contributed by atoms with van der Waals surface area (Å²) in [7, 11) is 4.75. The minimum atomic E-state index is -0.208. The Labute approximate surface area is 252 Å². The van der Waals surface area contributed by atoms with Gasteiger partial charge in [0.1, 0.15) is 22.9 Å². The summed E-state index contributed by atoms with van der Waals surface area (Å²) in [4.78, 5) is 26.5. The first-order valence-electron chi connectivity index (χ1n) is 14.5. The van der Waals surface area contributed by atoms with Crippen molar-refractivity contribution in [2.24, 2.45) is 0 Å². The zero-order chi connectivity index (χ0) is 30.3. The first kappa shape index (κ1) is 29.7. The normalized spacial score (nSPS) is 13.0. The number of nitrogens with one attached hydrogen (secondary N) is 2. The number of carbonyl (C=O) groups is 2. The number of amides is 2. The molecule has 1 aromatic heterocycles. The molecule has 1 aliphatic carbocycles. The van der Waals surface area contributed by atoms with Crippen molar-refractivity contribution >= 4 is 11.8 Å². The largest absolute Gasteiger partial charge is 0.497 e. The molecule has 1 aliphatic rings. The van der Waals surface area contributed by atoms with Crippen LogP contribution in [0.5, 0.6) is 17.2 Å². The molecule has 0 aliphatic heterocycles. The van der Waals surface area contributed by atoms with Crippen LogP contribution in [0.1, 0.15) is 69.3 Å². The average Bonchev–Trinajstić information content (AvgIpc) is 3.70. The van der Waals surface area contributed by atoms with E-state index in [-0.39, 0.29) is 17.9 Å². The summed E-state index contributed by atoms with van der Waals surface area (Å²) in [6, 6.07) is 20.8. The Balaban J connectivity index is 1.36. The highest BCUT2D eigenvalue weighted by Gasteiger charge is 2.27. The van der Waals surface area contributed by atoms with Crippen LogP contribution in [0.3, 0.4) is 0 Å². The fourth-order valence-corrected chi connectivity index (χ4v) is 5.65. The minimum absolute atomic E-state index is 0.192. The standard InChI is InChI=1S/C34H38N4O5/c1-22-31(34(40)36-21-25-17-18-27(41-2)19-30(25)43-4)32(37-38(22)26-9-5-6-10-26)24-15-13-23(14-16-24)20-35-33(39)28-11-7-8-12-29(28)42-3/h7-8,11-19,26H,5-6,9-10,20-21H2,1-4H3,(H,35,39)(H,36,40). The molecule has 0 saturated heterocycles. The van der Waals surface area contributed by atoms with Gasteiger partial charge in [0.05, 0.1) is 38.5 Å². The van der Waals surface area contributed by atoms with Crippen LogP contribution in [0.25, 0.3) is 11.3 Å². The van der Waals surface area contributed by atoms with Crippen molar-refractivity contribution in [3.63, 3.8) is 0 Å². The average molecular weight is 583 g/mol. The van der Waals surface area contributed by atoms with Gasteiger partial charge >= 0.3 is 0 Å². The molecule has 9 heteroatoms. The van der Waals surface area contributed by atoms with Crippen LogP contribution in [0.4, 0.5) is 0 Å². The molecule has 43 heavy (non-hydrogen) atoms. The fraction of sp³-hybridized carbons (Fsp3) is 0.324. The first-order chi connectivity index (χ1) is 20.9. The molecular weight excluding hydrogens is 544 g/mol. The van der Waals surface area contributed by atoms with Crippen molar-refractivity contribution in [2.75, 3.05) is 21.3 Å². The van der Waals surface area contributed by atoms with Gasteiger partial charge in [0.25, 0.3) is 11.8 Å².